The maximum atomic E-state index is 13.8. The highest BCUT2D eigenvalue weighted by atomic mass is 127. The minimum atomic E-state index is -0.634. The van der Waals surface area contributed by atoms with Gasteiger partial charge in [0, 0.05) is 9.13 Å². The molecule has 1 atom stereocenters. The van der Waals surface area contributed by atoms with Gasteiger partial charge in [-0.1, -0.05) is 47.7 Å². The van der Waals surface area contributed by atoms with E-state index in [2.05, 4.69) is 27.6 Å². The van der Waals surface area contributed by atoms with E-state index in [0.717, 1.165) is 26.0 Å². The number of benzene rings is 3. The van der Waals surface area contributed by atoms with Crippen LogP contribution >= 0.6 is 33.9 Å². The molecule has 0 spiro atoms. The van der Waals surface area contributed by atoms with Crippen LogP contribution in [-0.4, -0.2) is 24.8 Å². The van der Waals surface area contributed by atoms with Gasteiger partial charge in [-0.25, -0.2) is 9.79 Å². The van der Waals surface area contributed by atoms with Gasteiger partial charge in [-0.3, -0.25) is 9.36 Å². The van der Waals surface area contributed by atoms with Crippen LogP contribution in [0.2, 0.25) is 0 Å². The molecule has 0 fully saturated rings. The Morgan fingerprint density at radius 1 is 1.08 bits per heavy atom. The van der Waals surface area contributed by atoms with Crippen molar-refractivity contribution in [1.29, 1.82) is 0 Å². The van der Waals surface area contributed by atoms with Crippen molar-refractivity contribution in [3.8, 4) is 11.5 Å². The zero-order chi connectivity index (χ0) is 27.5. The molecule has 5 rings (SSSR count). The average Bonchev–Trinajstić information content (AvgIpc) is 3.26. The number of thiazole rings is 1. The first-order chi connectivity index (χ1) is 18.9. The topological polar surface area (TPSA) is 79.1 Å². The van der Waals surface area contributed by atoms with Gasteiger partial charge in [0.15, 0.2) is 4.80 Å². The quantitative estimate of drug-likeness (QED) is 0.216. The molecule has 0 N–H and O–H groups in total. The molecule has 2 heterocycles. The Balaban J connectivity index is 1.56. The molecule has 1 unspecified atom stereocenters. The number of hydrogen-bond acceptors (Lipinski definition) is 7. The van der Waals surface area contributed by atoms with Gasteiger partial charge in [0.05, 0.1) is 36.1 Å². The lowest BCUT2D eigenvalue weighted by Gasteiger charge is -2.24. The SMILES string of the molecule is COC(=O)C1=C(C)N=c2s/c(=C/c3ccc(OC)c(COc4ccc(I)cc4)c3)c(=O)n2C1c1ccccc1. The Labute approximate surface area is 242 Å². The monoisotopic (exact) mass is 652 g/mol. The smallest absolute Gasteiger partial charge is 0.338 e. The maximum absolute atomic E-state index is 13.8. The molecule has 3 aromatic carbocycles. The van der Waals surface area contributed by atoms with Crippen molar-refractivity contribution < 1.29 is 19.0 Å². The number of carbonyl (C=O) groups excluding carboxylic acids is 1. The number of aromatic nitrogens is 1. The number of halogens is 1. The van der Waals surface area contributed by atoms with E-state index in [1.165, 1.54) is 18.4 Å². The molecular weight excluding hydrogens is 627 g/mol. The summed E-state index contributed by atoms with van der Waals surface area (Å²) in [6, 6.07) is 22.3. The fourth-order valence-corrected chi connectivity index (χ4v) is 5.89. The first-order valence-corrected chi connectivity index (χ1v) is 14.0. The third-order valence-corrected chi connectivity index (χ3v) is 8.05. The fraction of sp³-hybridized carbons (Fsp3) is 0.167. The summed E-state index contributed by atoms with van der Waals surface area (Å²) in [5.74, 6) is 0.947. The molecule has 1 aliphatic heterocycles. The van der Waals surface area contributed by atoms with Crippen LogP contribution in [0.4, 0.5) is 0 Å². The Bertz CT molecular complexity index is 1740. The molecule has 0 saturated heterocycles. The number of carbonyl (C=O) groups is 1. The number of fused-ring (bicyclic) bond motifs is 1. The van der Waals surface area contributed by atoms with Crippen LogP contribution < -0.4 is 24.4 Å². The largest absolute Gasteiger partial charge is 0.496 e. The van der Waals surface area contributed by atoms with E-state index in [4.69, 9.17) is 14.2 Å². The average molecular weight is 653 g/mol. The van der Waals surface area contributed by atoms with Crippen LogP contribution in [0.25, 0.3) is 6.08 Å². The van der Waals surface area contributed by atoms with Gasteiger partial charge in [0.2, 0.25) is 0 Å². The molecule has 1 aliphatic rings. The molecule has 1 aromatic heterocycles. The van der Waals surface area contributed by atoms with Crippen LogP contribution in [0, 0.1) is 3.57 Å². The zero-order valence-electron chi connectivity index (χ0n) is 21.5. The molecule has 0 radical (unpaired) electrons. The lowest BCUT2D eigenvalue weighted by atomic mass is 9.96. The molecule has 0 bridgehead atoms. The van der Waals surface area contributed by atoms with E-state index in [1.807, 2.05) is 78.9 Å². The van der Waals surface area contributed by atoms with Crippen LogP contribution in [0.3, 0.4) is 0 Å². The third-order valence-electron chi connectivity index (χ3n) is 6.35. The van der Waals surface area contributed by atoms with Gasteiger partial charge < -0.3 is 14.2 Å². The fourth-order valence-electron chi connectivity index (χ4n) is 4.49. The summed E-state index contributed by atoms with van der Waals surface area (Å²) in [5, 5.41) is 0. The predicted molar refractivity (Wildman–Crippen MR) is 159 cm³/mol. The molecular formula is C30H25IN2O5S. The second kappa shape index (κ2) is 11.6. The second-order valence-corrected chi connectivity index (χ2v) is 11.1. The van der Waals surface area contributed by atoms with Gasteiger partial charge in [-0.15, -0.1) is 0 Å². The summed E-state index contributed by atoms with van der Waals surface area (Å²) in [6.07, 6.45) is 1.83. The number of esters is 1. The van der Waals surface area contributed by atoms with Crippen molar-refractivity contribution in [2.24, 2.45) is 4.99 Å². The minimum absolute atomic E-state index is 0.228. The molecule has 7 nitrogen and oxygen atoms in total. The summed E-state index contributed by atoms with van der Waals surface area (Å²) in [4.78, 5) is 31.7. The molecule has 0 amide bonds. The highest BCUT2D eigenvalue weighted by molar-refractivity contribution is 14.1. The van der Waals surface area contributed by atoms with Crippen molar-refractivity contribution >= 4 is 46.0 Å². The van der Waals surface area contributed by atoms with Gasteiger partial charge in [-0.2, -0.15) is 0 Å². The predicted octanol–water partition coefficient (Wildman–Crippen LogP) is 4.60. The standard InChI is InChI=1S/C30H25IN2O5S/c1-18-26(29(35)37-3)27(20-7-5-4-6-8-20)33-28(34)25(39-30(33)32-18)16-19-9-14-24(36-2)21(15-19)17-38-23-12-10-22(31)11-13-23/h4-16,27H,17H2,1-3H3/b25-16+. The van der Waals surface area contributed by atoms with E-state index >= 15 is 0 Å². The first kappa shape index (κ1) is 26.9. The molecule has 39 heavy (non-hydrogen) atoms. The molecule has 9 heteroatoms. The highest BCUT2D eigenvalue weighted by Gasteiger charge is 2.32. The molecule has 198 valence electrons. The van der Waals surface area contributed by atoms with Crippen molar-refractivity contribution in [3.63, 3.8) is 0 Å². The van der Waals surface area contributed by atoms with E-state index in [0.29, 0.717) is 33.0 Å². The first-order valence-electron chi connectivity index (χ1n) is 12.1. The van der Waals surface area contributed by atoms with Crippen molar-refractivity contribution in [3.05, 3.63) is 124 Å². The highest BCUT2D eigenvalue weighted by Crippen LogP contribution is 2.30. The van der Waals surface area contributed by atoms with Crippen molar-refractivity contribution in [1.82, 2.24) is 4.57 Å². The lowest BCUT2D eigenvalue weighted by molar-refractivity contribution is -0.136. The van der Waals surface area contributed by atoms with E-state index < -0.39 is 12.0 Å². The normalized spacial score (nSPS) is 15.0. The Kier molecular flexibility index (Phi) is 7.99. The number of hydrogen-bond donors (Lipinski definition) is 0. The van der Waals surface area contributed by atoms with Crippen molar-refractivity contribution in [2.45, 2.75) is 19.6 Å². The van der Waals surface area contributed by atoms with Crippen LogP contribution in [0.1, 0.15) is 29.7 Å². The Morgan fingerprint density at radius 2 is 1.82 bits per heavy atom. The Morgan fingerprint density at radius 3 is 2.51 bits per heavy atom. The van der Waals surface area contributed by atoms with Crippen LogP contribution in [0.15, 0.2) is 93.9 Å². The van der Waals surface area contributed by atoms with E-state index in [1.54, 1.807) is 18.6 Å². The molecule has 0 saturated carbocycles. The third kappa shape index (κ3) is 5.55. The van der Waals surface area contributed by atoms with E-state index in [-0.39, 0.29) is 5.56 Å². The van der Waals surface area contributed by atoms with Crippen molar-refractivity contribution in [2.75, 3.05) is 14.2 Å². The van der Waals surface area contributed by atoms with Crippen LogP contribution in [0.5, 0.6) is 11.5 Å². The number of allylic oxidation sites excluding steroid dienone is 1. The summed E-state index contributed by atoms with van der Waals surface area (Å²) >= 11 is 3.54. The minimum Gasteiger partial charge on any atom is -0.496 e. The summed E-state index contributed by atoms with van der Waals surface area (Å²) in [5.41, 5.74) is 3.13. The van der Waals surface area contributed by atoms with Crippen LogP contribution in [-0.2, 0) is 16.1 Å². The Hall–Kier alpha value is -3.70. The summed E-state index contributed by atoms with van der Waals surface area (Å²) in [6.45, 7) is 2.07. The summed E-state index contributed by atoms with van der Waals surface area (Å²) in [7, 11) is 2.95. The lowest BCUT2D eigenvalue weighted by Crippen LogP contribution is -2.39. The number of methoxy groups -OCH3 is 2. The zero-order valence-corrected chi connectivity index (χ0v) is 24.5. The van der Waals surface area contributed by atoms with Gasteiger partial charge in [-0.05, 0) is 83.1 Å². The van der Waals surface area contributed by atoms with E-state index in [9.17, 15) is 9.59 Å². The van der Waals surface area contributed by atoms with Gasteiger partial charge >= 0.3 is 5.97 Å². The van der Waals surface area contributed by atoms with Gasteiger partial charge in [0.1, 0.15) is 18.1 Å². The number of nitrogens with zero attached hydrogens (tertiary/aromatic N) is 2. The number of rotatable bonds is 7. The maximum Gasteiger partial charge on any atom is 0.338 e. The number of ether oxygens (including phenoxy) is 3. The van der Waals surface area contributed by atoms with Gasteiger partial charge in [0.25, 0.3) is 5.56 Å². The molecule has 0 aliphatic carbocycles. The second-order valence-electron chi connectivity index (χ2n) is 8.80. The molecule has 4 aromatic rings. The summed E-state index contributed by atoms with van der Waals surface area (Å²) < 4.78 is 19.8.